The Labute approximate surface area is 265 Å². The third-order valence-corrected chi connectivity index (χ3v) is 7.45. The van der Waals surface area contributed by atoms with Gasteiger partial charge in [0.25, 0.3) is 11.6 Å². The Bertz CT molecular complexity index is 1710. The Morgan fingerprint density at radius 3 is 2.02 bits per heavy atom. The summed E-state index contributed by atoms with van der Waals surface area (Å²) in [6.07, 6.45) is -0.135. The number of nitrogens with two attached hydrogens (primary N) is 1. The van der Waals surface area contributed by atoms with E-state index in [2.05, 4.69) is 8.92 Å². The molecule has 0 saturated heterocycles. The molecule has 0 spiro atoms. The van der Waals surface area contributed by atoms with Gasteiger partial charge in [-0.3, -0.25) is 24.6 Å². The number of nitrogens with zero attached hydrogens (tertiary/aromatic N) is 2. The maximum atomic E-state index is 13.5. The van der Waals surface area contributed by atoms with Crippen molar-refractivity contribution in [3.63, 3.8) is 0 Å². The topological polar surface area (TPSA) is 213 Å². The van der Waals surface area contributed by atoms with Crippen LogP contribution in [0.15, 0.2) is 36.2 Å². The van der Waals surface area contributed by atoms with Crippen molar-refractivity contribution < 1.29 is 68.8 Å². The van der Waals surface area contributed by atoms with Crippen molar-refractivity contribution in [1.29, 1.82) is 0 Å². The zero-order valence-corrected chi connectivity index (χ0v) is 25.9. The summed E-state index contributed by atoms with van der Waals surface area (Å²) in [6.45, 7) is 1.30. The number of nitro groups is 1. The number of rotatable bonds is 14. The first-order chi connectivity index (χ1) is 21.9. The van der Waals surface area contributed by atoms with Gasteiger partial charge in [-0.1, -0.05) is 0 Å². The number of methoxy groups -OCH3 is 3. The van der Waals surface area contributed by atoms with Crippen LogP contribution in [0, 0.1) is 10.1 Å². The van der Waals surface area contributed by atoms with Crippen LogP contribution in [0.25, 0.3) is 0 Å². The molecule has 2 N–H and O–H groups in total. The summed E-state index contributed by atoms with van der Waals surface area (Å²) in [6, 6.07) is 2.89. The highest BCUT2D eigenvalue weighted by molar-refractivity contribution is 7.87. The van der Waals surface area contributed by atoms with E-state index in [1.165, 1.54) is 26.2 Å². The molecule has 47 heavy (non-hydrogen) atoms. The number of esters is 1. The molecule has 0 aromatic heterocycles. The Balaban J connectivity index is 1.82. The van der Waals surface area contributed by atoms with Crippen molar-refractivity contribution in [2.75, 3.05) is 40.3 Å². The first-order valence-corrected chi connectivity index (χ1v) is 14.6. The zero-order chi connectivity index (χ0) is 35.3. The van der Waals surface area contributed by atoms with Crippen molar-refractivity contribution in [2.45, 2.75) is 31.3 Å². The average molecular weight is 692 g/mol. The molecule has 3 rings (SSSR count). The Kier molecular flexibility index (Phi) is 11.1. The van der Waals surface area contributed by atoms with E-state index in [4.69, 9.17) is 24.7 Å². The smallest absolute Gasteiger partial charge is 0.493 e. The molecular weight excluding hydrogens is 663 g/mol. The van der Waals surface area contributed by atoms with Crippen LogP contribution in [0.5, 0.6) is 23.0 Å². The van der Waals surface area contributed by atoms with Gasteiger partial charge in [-0.25, -0.2) is 4.79 Å². The van der Waals surface area contributed by atoms with Gasteiger partial charge in [0.1, 0.15) is 17.4 Å². The Morgan fingerprint density at radius 1 is 0.979 bits per heavy atom. The minimum Gasteiger partial charge on any atom is -0.493 e. The molecule has 256 valence electrons. The molecule has 0 bridgehead atoms. The summed E-state index contributed by atoms with van der Waals surface area (Å²) in [5.41, 5.74) is -1.03. The second kappa shape index (κ2) is 14.4. The number of anilines is 1. The second-order valence-corrected chi connectivity index (χ2v) is 11.0. The van der Waals surface area contributed by atoms with E-state index in [0.29, 0.717) is 11.1 Å². The first-order valence-electron chi connectivity index (χ1n) is 13.2. The van der Waals surface area contributed by atoms with Crippen LogP contribution in [0.1, 0.15) is 40.5 Å². The number of carbonyl (C=O) groups excluding carboxylic acids is 3. The van der Waals surface area contributed by atoms with Crippen LogP contribution in [-0.4, -0.2) is 82.0 Å². The van der Waals surface area contributed by atoms with Gasteiger partial charge < -0.3 is 33.6 Å². The number of carbonyl (C=O) groups is 3. The quantitative estimate of drug-likeness (QED) is 0.0440. The molecule has 0 fully saturated rings. The van der Waals surface area contributed by atoms with Crippen LogP contribution in [-0.2, 0) is 23.8 Å². The number of hydrogen-bond donors (Lipinski definition) is 1. The maximum absolute atomic E-state index is 13.5. The van der Waals surface area contributed by atoms with Gasteiger partial charge in [0.2, 0.25) is 0 Å². The van der Waals surface area contributed by atoms with Gasteiger partial charge in [-0.2, -0.15) is 21.6 Å². The number of nitro benzene ring substituents is 1. The molecule has 1 atom stereocenters. The summed E-state index contributed by atoms with van der Waals surface area (Å²) in [4.78, 5) is 48.9. The number of ether oxygens (including phenoxy) is 5. The van der Waals surface area contributed by atoms with E-state index in [9.17, 15) is 46.1 Å². The number of alkyl halides is 3. The fourth-order valence-electron chi connectivity index (χ4n) is 4.22. The van der Waals surface area contributed by atoms with Crippen LogP contribution in [0.2, 0.25) is 0 Å². The number of amides is 1. The second-order valence-electron chi connectivity index (χ2n) is 9.51. The van der Waals surface area contributed by atoms with Crippen molar-refractivity contribution in [3.05, 3.63) is 57.5 Å². The van der Waals surface area contributed by atoms with Gasteiger partial charge in [0.05, 0.1) is 45.5 Å². The van der Waals surface area contributed by atoms with Crippen molar-refractivity contribution in [3.8, 4) is 23.0 Å². The van der Waals surface area contributed by atoms with Gasteiger partial charge in [-0.15, -0.1) is 0 Å². The fraction of sp³-hybridized carbons (Fsp3) is 0.370. The monoisotopic (exact) mass is 691 g/mol. The maximum Gasteiger partial charge on any atom is 0.534 e. The van der Waals surface area contributed by atoms with Crippen LogP contribution in [0.3, 0.4) is 0 Å². The number of benzene rings is 2. The number of Topliss-reactive ketones (excluding diaryl/α,β-unsaturated/α-hetero) is 1. The summed E-state index contributed by atoms with van der Waals surface area (Å²) < 4.78 is 91.8. The minimum atomic E-state index is -6.16. The molecule has 20 heteroatoms. The molecule has 2 aromatic carbocycles. The fourth-order valence-corrected chi connectivity index (χ4v) is 4.71. The standard InChI is InChI=1S/C27H28F3N3O13S/c1-14(34)16-9-21(41-2)23(11-18(16)31)44-6-5-7-45-24-12-19(33(37)38)17(10-22(24)42-3)25(35)32-13-15(8-20(32)26(36)43-4)46-47(39,40)27(28,29)30/h9-13,20H,5-8,31H2,1-4H3/t20-/m0/s1. The lowest BCUT2D eigenvalue weighted by molar-refractivity contribution is -0.385. The van der Waals surface area contributed by atoms with Gasteiger partial charge in [-0.05, 0) is 13.0 Å². The van der Waals surface area contributed by atoms with Gasteiger partial charge in [0.15, 0.2) is 28.8 Å². The average Bonchev–Trinajstić information content (AvgIpc) is 3.42. The molecule has 0 radical (unpaired) electrons. The number of halogens is 3. The van der Waals surface area contributed by atoms with Crippen molar-refractivity contribution in [2.24, 2.45) is 0 Å². The molecule has 0 saturated carbocycles. The van der Waals surface area contributed by atoms with Crippen LogP contribution >= 0.6 is 0 Å². The summed E-state index contributed by atoms with van der Waals surface area (Å²) in [5.74, 6) is -3.54. The van der Waals surface area contributed by atoms with E-state index in [-0.39, 0.29) is 59.7 Å². The Morgan fingerprint density at radius 2 is 1.53 bits per heavy atom. The molecular formula is C27H28F3N3O13S. The highest BCUT2D eigenvalue weighted by Gasteiger charge is 2.50. The first kappa shape index (κ1) is 36.2. The van der Waals surface area contributed by atoms with E-state index in [1.54, 1.807) is 0 Å². The lowest BCUT2D eigenvalue weighted by Gasteiger charge is -2.21. The molecule has 2 aromatic rings. The van der Waals surface area contributed by atoms with Crippen LogP contribution < -0.4 is 24.7 Å². The van der Waals surface area contributed by atoms with E-state index < -0.39 is 61.9 Å². The van der Waals surface area contributed by atoms with Gasteiger partial charge in [0, 0.05) is 42.4 Å². The van der Waals surface area contributed by atoms with E-state index >= 15 is 0 Å². The number of ketones is 1. The summed E-state index contributed by atoms with van der Waals surface area (Å²) in [5, 5.41) is 12.0. The highest BCUT2D eigenvalue weighted by Crippen LogP contribution is 2.38. The highest BCUT2D eigenvalue weighted by atomic mass is 32.2. The normalized spacial score (nSPS) is 14.6. The molecule has 1 aliphatic heterocycles. The van der Waals surface area contributed by atoms with Gasteiger partial charge >= 0.3 is 21.6 Å². The number of hydrogen-bond acceptors (Lipinski definition) is 14. The molecule has 1 amide bonds. The SMILES string of the molecule is COC(=O)[C@@H]1CC(OS(=O)(=O)C(F)(F)F)=CN1C(=O)c1cc(OC)c(OCCCOc2cc(N)c(C(C)=O)cc2OC)cc1[N+](=O)[O-]. The molecule has 1 aliphatic rings. The molecule has 16 nitrogen and oxygen atoms in total. The molecule has 0 aliphatic carbocycles. The zero-order valence-electron chi connectivity index (χ0n) is 25.1. The predicted octanol–water partition coefficient (Wildman–Crippen LogP) is 3.34. The molecule has 0 unspecified atom stereocenters. The largest absolute Gasteiger partial charge is 0.534 e. The van der Waals surface area contributed by atoms with Crippen molar-refractivity contribution in [1.82, 2.24) is 4.90 Å². The Hall–Kier alpha value is -5.27. The predicted molar refractivity (Wildman–Crippen MR) is 153 cm³/mol. The lowest BCUT2D eigenvalue weighted by Crippen LogP contribution is -2.39. The third-order valence-electron chi connectivity index (χ3n) is 6.45. The van der Waals surface area contributed by atoms with E-state index in [1.807, 2.05) is 0 Å². The summed E-state index contributed by atoms with van der Waals surface area (Å²) in [7, 11) is -2.73. The summed E-state index contributed by atoms with van der Waals surface area (Å²) >= 11 is 0. The minimum absolute atomic E-state index is 0.0425. The third kappa shape index (κ3) is 8.12. The van der Waals surface area contributed by atoms with Crippen LogP contribution in [0.4, 0.5) is 24.5 Å². The van der Waals surface area contributed by atoms with Crippen molar-refractivity contribution >= 4 is 39.2 Å². The number of nitrogen functional groups attached to an aromatic ring is 1. The molecule has 1 heterocycles. The lowest BCUT2D eigenvalue weighted by atomic mass is 10.1. The van der Waals surface area contributed by atoms with E-state index in [0.717, 1.165) is 26.4 Å².